The summed E-state index contributed by atoms with van der Waals surface area (Å²) in [5, 5.41) is 3.35. The molecule has 2 amide bonds. The summed E-state index contributed by atoms with van der Waals surface area (Å²) >= 11 is 6.44. The van der Waals surface area contributed by atoms with Crippen molar-refractivity contribution in [2.45, 2.75) is 44.7 Å². The molecule has 3 aromatic carbocycles. The van der Waals surface area contributed by atoms with Gasteiger partial charge in [0, 0.05) is 18.1 Å². The van der Waals surface area contributed by atoms with Crippen molar-refractivity contribution < 1.29 is 22.7 Å². The molecule has 3 rings (SSSR count). The van der Waals surface area contributed by atoms with Gasteiger partial charge in [-0.1, -0.05) is 80.9 Å². The fourth-order valence-electron chi connectivity index (χ4n) is 4.22. The molecule has 0 aliphatic heterocycles. The molecule has 0 radical (unpaired) electrons. The second-order valence-electron chi connectivity index (χ2n) is 9.67. The molecular formula is C30H36ClN3O5S. The van der Waals surface area contributed by atoms with Crippen molar-refractivity contribution in [2.24, 2.45) is 5.92 Å². The summed E-state index contributed by atoms with van der Waals surface area (Å²) in [5.41, 5.74) is 0.847. The number of sulfonamides is 1. The number of methoxy groups -OCH3 is 1. The van der Waals surface area contributed by atoms with E-state index in [2.05, 4.69) is 5.32 Å². The van der Waals surface area contributed by atoms with Crippen LogP contribution in [-0.4, -0.2) is 51.4 Å². The third-order valence-corrected chi connectivity index (χ3v) is 8.48. The van der Waals surface area contributed by atoms with Crippen molar-refractivity contribution in [1.82, 2.24) is 10.2 Å². The second-order valence-corrected chi connectivity index (χ2v) is 11.9. The molecule has 1 unspecified atom stereocenters. The second kappa shape index (κ2) is 14.2. The summed E-state index contributed by atoms with van der Waals surface area (Å²) in [7, 11) is -2.76. The Hall–Kier alpha value is -3.56. The van der Waals surface area contributed by atoms with Gasteiger partial charge in [-0.15, -0.1) is 0 Å². The Morgan fingerprint density at radius 3 is 2.20 bits per heavy atom. The molecule has 0 bridgehead atoms. The fourth-order valence-corrected chi connectivity index (χ4v) is 5.86. The van der Waals surface area contributed by atoms with Crippen molar-refractivity contribution >= 4 is 39.1 Å². The highest BCUT2D eigenvalue weighted by Gasteiger charge is 2.34. The van der Waals surface area contributed by atoms with Gasteiger partial charge in [0.25, 0.3) is 10.0 Å². The quantitative estimate of drug-likeness (QED) is 0.300. The zero-order valence-electron chi connectivity index (χ0n) is 23.2. The Balaban J connectivity index is 2.08. The van der Waals surface area contributed by atoms with E-state index in [1.165, 1.54) is 24.1 Å². The Kier molecular flexibility index (Phi) is 11.0. The van der Waals surface area contributed by atoms with Crippen LogP contribution in [0.25, 0.3) is 0 Å². The molecule has 1 atom stereocenters. The van der Waals surface area contributed by atoms with Crippen molar-refractivity contribution in [2.75, 3.05) is 24.5 Å². The van der Waals surface area contributed by atoms with E-state index in [1.54, 1.807) is 66.7 Å². The van der Waals surface area contributed by atoms with Gasteiger partial charge in [-0.05, 0) is 48.2 Å². The first-order valence-electron chi connectivity index (χ1n) is 13.1. The number of nitrogens with zero attached hydrogens (tertiary/aromatic N) is 2. The minimum atomic E-state index is -4.19. The van der Waals surface area contributed by atoms with Crippen molar-refractivity contribution in [3.8, 4) is 5.75 Å². The summed E-state index contributed by atoms with van der Waals surface area (Å²) in [6.45, 7) is 5.68. The van der Waals surface area contributed by atoms with Gasteiger partial charge < -0.3 is 15.0 Å². The molecular weight excluding hydrogens is 550 g/mol. The minimum Gasteiger partial charge on any atom is -0.495 e. The van der Waals surface area contributed by atoms with Gasteiger partial charge in [0.1, 0.15) is 18.3 Å². The predicted molar refractivity (Wildman–Crippen MR) is 158 cm³/mol. The summed E-state index contributed by atoms with van der Waals surface area (Å²) in [6.07, 6.45) is 0.320. The molecule has 40 heavy (non-hydrogen) atoms. The van der Waals surface area contributed by atoms with Gasteiger partial charge in [0.2, 0.25) is 11.8 Å². The molecule has 1 N–H and O–H groups in total. The Labute approximate surface area is 241 Å². The number of carbonyl (C=O) groups excluding carboxylic acids is 2. The van der Waals surface area contributed by atoms with Crippen molar-refractivity contribution in [1.29, 1.82) is 0 Å². The third kappa shape index (κ3) is 7.55. The number of carbonyl (C=O) groups is 2. The number of ether oxygens (including phenoxy) is 1. The summed E-state index contributed by atoms with van der Waals surface area (Å²) in [4.78, 5) is 28.8. The highest BCUT2D eigenvalue weighted by atomic mass is 35.5. The van der Waals surface area contributed by atoms with E-state index in [0.717, 1.165) is 4.31 Å². The molecule has 214 valence electrons. The summed E-state index contributed by atoms with van der Waals surface area (Å²) in [5.74, 6) is -0.372. The highest BCUT2D eigenvalue weighted by molar-refractivity contribution is 7.92. The molecule has 0 aliphatic carbocycles. The van der Waals surface area contributed by atoms with Gasteiger partial charge >= 0.3 is 0 Å². The molecule has 0 saturated heterocycles. The van der Waals surface area contributed by atoms with E-state index in [-0.39, 0.29) is 34.7 Å². The Bertz CT molecular complexity index is 1400. The summed E-state index contributed by atoms with van der Waals surface area (Å²) < 4.78 is 34.3. The lowest BCUT2D eigenvalue weighted by molar-refractivity contribution is -0.140. The van der Waals surface area contributed by atoms with E-state index >= 15 is 0 Å². The zero-order chi connectivity index (χ0) is 29.3. The Morgan fingerprint density at radius 1 is 0.950 bits per heavy atom. The van der Waals surface area contributed by atoms with Crippen LogP contribution in [0.15, 0.2) is 83.8 Å². The van der Waals surface area contributed by atoms with Crippen LogP contribution in [0.4, 0.5) is 5.69 Å². The largest absolute Gasteiger partial charge is 0.495 e. The van der Waals surface area contributed by atoms with E-state index in [0.29, 0.717) is 23.6 Å². The Morgan fingerprint density at radius 2 is 1.57 bits per heavy atom. The van der Waals surface area contributed by atoms with E-state index < -0.39 is 28.5 Å². The average molecular weight is 586 g/mol. The van der Waals surface area contributed by atoms with Crippen LogP contribution in [0.3, 0.4) is 0 Å². The monoisotopic (exact) mass is 585 g/mol. The number of para-hydroxylation sites is 2. The smallest absolute Gasteiger partial charge is 0.264 e. The lowest BCUT2D eigenvalue weighted by atomic mass is 10.1. The number of hydrogen-bond donors (Lipinski definition) is 1. The molecule has 8 nitrogen and oxygen atoms in total. The molecule has 0 aromatic heterocycles. The van der Waals surface area contributed by atoms with Crippen LogP contribution >= 0.6 is 11.6 Å². The number of rotatable bonds is 13. The lowest BCUT2D eigenvalue weighted by Crippen LogP contribution is -2.52. The molecule has 10 heteroatoms. The first-order chi connectivity index (χ1) is 19.1. The van der Waals surface area contributed by atoms with Crippen LogP contribution in [-0.2, 0) is 26.2 Å². The maximum atomic E-state index is 14.1. The van der Waals surface area contributed by atoms with Crippen LogP contribution in [0.5, 0.6) is 5.75 Å². The topological polar surface area (TPSA) is 96.0 Å². The first kappa shape index (κ1) is 31.0. The fraction of sp³-hybridized carbons (Fsp3) is 0.333. The van der Waals surface area contributed by atoms with Crippen molar-refractivity contribution in [3.05, 3.63) is 89.4 Å². The molecule has 0 aliphatic rings. The van der Waals surface area contributed by atoms with Crippen molar-refractivity contribution in [3.63, 3.8) is 0 Å². The van der Waals surface area contributed by atoms with Gasteiger partial charge in [-0.2, -0.15) is 0 Å². The van der Waals surface area contributed by atoms with Crippen LogP contribution in [0, 0.1) is 5.92 Å². The van der Waals surface area contributed by atoms with Crippen LogP contribution in [0.1, 0.15) is 32.8 Å². The van der Waals surface area contributed by atoms with Crippen LogP contribution in [0.2, 0.25) is 5.02 Å². The SMILES string of the molecule is CCC(C(=O)NCC(C)C)N(Cc1ccccc1Cl)C(=O)CN(c1ccccc1OC)S(=O)(=O)c1ccccc1. The number of amides is 2. The lowest BCUT2D eigenvalue weighted by Gasteiger charge is -2.33. The maximum absolute atomic E-state index is 14.1. The average Bonchev–Trinajstić information content (AvgIpc) is 2.95. The molecule has 0 fully saturated rings. The molecule has 3 aromatic rings. The minimum absolute atomic E-state index is 0.0214. The zero-order valence-corrected chi connectivity index (χ0v) is 24.8. The normalized spacial score (nSPS) is 12.1. The van der Waals surface area contributed by atoms with Gasteiger partial charge in [-0.25, -0.2) is 8.42 Å². The third-order valence-electron chi connectivity index (χ3n) is 6.33. The number of benzene rings is 3. The first-order valence-corrected chi connectivity index (χ1v) is 14.9. The van der Waals surface area contributed by atoms with Gasteiger partial charge in [0.15, 0.2) is 0 Å². The molecule has 0 heterocycles. The molecule has 0 saturated carbocycles. The van der Waals surface area contributed by atoms with E-state index in [4.69, 9.17) is 16.3 Å². The number of nitrogens with one attached hydrogen (secondary N) is 1. The predicted octanol–water partition coefficient (Wildman–Crippen LogP) is 5.12. The number of hydrogen-bond acceptors (Lipinski definition) is 5. The highest BCUT2D eigenvalue weighted by Crippen LogP contribution is 2.32. The number of anilines is 1. The summed E-state index contributed by atoms with van der Waals surface area (Å²) in [6, 6.07) is 20.7. The number of halogens is 1. The molecule has 0 spiro atoms. The van der Waals surface area contributed by atoms with Gasteiger partial charge in [-0.3, -0.25) is 13.9 Å². The standard InChI is InChI=1S/C30H36ClN3O5S/c1-5-26(30(36)32-19-22(2)3)33(20-23-13-9-10-16-25(23)31)29(35)21-34(27-17-11-12-18-28(27)39-4)40(37,38)24-14-7-6-8-15-24/h6-18,22,26H,5,19-21H2,1-4H3,(H,32,36). The maximum Gasteiger partial charge on any atom is 0.264 e. The van der Waals surface area contributed by atoms with E-state index in [9.17, 15) is 18.0 Å². The van der Waals surface area contributed by atoms with E-state index in [1.807, 2.05) is 20.8 Å². The van der Waals surface area contributed by atoms with Crippen LogP contribution < -0.4 is 14.4 Å². The van der Waals surface area contributed by atoms with Gasteiger partial charge in [0.05, 0.1) is 17.7 Å².